The van der Waals surface area contributed by atoms with E-state index in [1.54, 1.807) is 0 Å². The third kappa shape index (κ3) is 38.4. The molecule has 0 heterocycles. The van der Waals surface area contributed by atoms with Crippen molar-refractivity contribution in [3.8, 4) is 0 Å². The van der Waals surface area contributed by atoms with E-state index in [1.807, 2.05) is 48.6 Å². The zero-order valence-electron chi connectivity index (χ0n) is 50.5. The van der Waals surface area contributed by atoms with Crippen LogP contribution in [0.15, 0.2) is 132 Å². The third-order valence-electron chi connectivity index (χ3n) is 15.0. The Kier molecular flexibility index (Phi) is 44.3. The first-order chi connectivity index (χ1) is 37.8. The van der Waals surface area contributed by atoms with E-state index in [2.05, 4.69) is 111 Å². The molecule has 0 unspecified atom stereocenters. The highest BCUT2D eigenvalue weighted by molar-refractivity contribution is 5.13. The fraction of sp³-hybridized carbons (Fsp3) is 0.681. The van der Waals surface area contributed by atoms with Crippen molar-refractivity contribution in [3.05, 3.63) is 137 Å². The van der Waals surface area contributed by atoms with Crippen LogP contribution in [-0.4, -0.2) is 112 Å². The van der Waals surface area contributed by atoms with Gasteiger partial charge in [0.2, 0.25) is 0 Å². The van der Waals surface area contributed by atoms with Crippen molar-refractivity contribution >= 4 is 0 Å². The summed E-state index contributed by atoms with van der Waals surface area (Å²) in [7, 11) is 0. The van der Waals surface area contributed by atoms with Gasteiger partial charge in [0.25, 0.3) is 0 Å². The van der Waals surface area contributed by atoms with Gasteiger partial charge in [-0.2, -0.15) is 0 Å². The first-order valence-electron chi connectivity index (χ1n) is 29.9. The first kappa shape index (κ1) is 72.8. The second-order valence-corrected chi connectivity index (χ2v) is 23.7. The number of hydrogen-bond donors (Lipinski definition) is 0. The van der Waals surface area contributed by atoms with E-state index in [4.69, 9.17) is 42.6 Å². The van der Waals surface area contributed by atoms with Crippen LogP contribution < -0.4 is 0 Å². The predicted octanol–water partition coefficient (Wildman–Crippen LogP) is 16.7. The molecule has 0 amide bonds. The van der Waals surface area contributed by atoms with E-state index < -0.39 is 0 Å². The Morgan fingerprint density at radius 1 is 0.321 bits per heavy atom. The van der Waals surface area contributed by atoms with Gasteiger partial charge in [-0.25, -0.2) is 0 Å². The van der Waals surface area contributed by atoms with E-state index in [9.17, 15) is 0 Å². The second kappa shape index (κ2) is 47.4. The summed E-state index contributed by atoms with van der Waals surface area (Å²) >= 11 is 0. The van der Waals surface area contributed by atoms with Crippen LogP contribution in [0.1, 0.15) is 149 Å². The zero-order chi connectivity index (χ0) is 57.3. The normalized spacial score (nSPS) is 12.3. The van der Waals surface area contributed by atoms with Crippen molar-refractivity contribution in [3.63, 3.8) is 0 Å². The fourth-order valence-electron chi connectivity index (χ4n) is 10.6. The van der Waals surface area contributed by atoms with E-state index in [0.717, 1.165) is 70.8 Å². The van der Waals surface area contributed by atoms with Crippen LogP contribution in [0.4, 0.5) is 0 Å². The monoisotopic (exact) mass is 1090 g/mol. The molecule has 78 heavy (non-hydrogen) atoms. The van der Waals surface area contributed by atoms with Crippen molar-refractivity contribution in [1.82, 2.24) is 0 Å². The molecule has 1 rings (SSSR count). The summed E-state index contributed by atoms with van der Waals surface area (Å²) in [6, 6.07) is 10.6. The van der Waals surface area contributed by atoms with Gasteiger partial charge in [0.1, 0.15) is 0 Å². The molecule has 0 aliphatic heterocycles. The Morgan fingerprint density at radius 2 is 0.551 bits per heavy atom. The highest BCUT2D eigenvalue weighted by Gasteiger charge is 2.30. The van der Waals surface area contributed by atoms with Crippen LogP contribution >= 0.6 is 0 Å². The molecule has 0 saturated carbocycles. The lowest BCUT2D eigenvalue weighted by atomic mass is 9.80. The topological polar surface area (TPSA) is 83.1 Å². The number of ether oxygens (including phenoxy) is 9. The molecule has 1 aromatic rings. The molecule has 0 bridgehead atoms. The Labute approximate surface area is 479 Å². The molecule has 0 aliphatic rings. The molecular formula is C69H116O9. The van der Waals surface area contributed by atoms with Crippen LogP contribution in [0, 0.1) is 39.4 Å². The van der Waals surface area contributed by atoms with Crippen molar-refractivity contribution in [1.29, 1.82) is 0 Å². The largest absolute Gasteiger partial charge is 0.377 e. The molecule has 1 aromatic carbocycles. The molecule has 0 saturated heterocycles. The molecule has 446 valence electrons. The molecular weight excluding hydrogens is 973 g/mol. The predicted molar refractivity (Wildman–Crippen MR) is 330 cm³/mol. The molecule has 0 atom stereocenters. The van der Waals surface area contributed by atoms with Gasteiger partial charge in [0.15, 0.2) is 0 Å². The van der Waals surface area contributed by atoms with Gasteiger partial charge in [0.05, 0.1) is 112 Å². The molecule has 9 heteroatoms. The lowest BCUT2D eigenvalue weighted by Crippen LogP contribution is -2.30. The highest BCUT2D eigenvalue weighted by atomic mass is 16.5. The smallest absolute Gasteiger partial charge is 0.0717 e. The Morgan fingerprint density at radius 3 is 0.795 bits per heavy atom. The van der Waals surface area contributed by atoms with Gasteiger partial charge < -0.3 is 42.6 Å². The summed E-state index contributed by atoms with van der Waals surface area (Å²) in [6.07, 6.45) is 35.0. The van der Waals surface area contributed by atoms with E-state index in [-0.39, 0.29) is 21.7 Å². The maximum absolute atomic E-state index is 6.58. The zero-order valence-corrected chi connectivity index (χ0v) is 50.5. The molecule has 0 radical (unpaired) electrons. The molecule has 0 N–H and O–H groups in total. The number of hydrogen-bond acceptors (Lipinski definition) is 9. The molecule has 0 aromatic heterocycles. The van der Waals surface area contributed by atoms with Crippen molar-refractivity contribution in [2.75, 3.05) is 112 Å². The first-order valence-corrected chi connectivity index (χ1v) is 29.9. The van der Waals surface area contributed by atoms with Crippen LogP contribution in [0.2, 0.25) is 0 Å². The Balaban J connectivity index is 3.38. The van der Waals surface area contributed by atoms with Crippen LogP contribution in [0.25, 0.3) is 0 Å². The fourth-order valence-corrected chi connectivity index (χ4v) is 10.6. The number of benzene rings is 1. The molecule has 0 fully saturated rings. The maximum Gasteiger partial charge on any atom is 0.0717 e. The van der Waals surface area contributed by atoms with E-state index >= 15 is 0 Å². The minimum absolute atomic E-state index is 0.0855. The minimum Gasteiger partial charge on any atom is -0.377 e. The summed E-state index contributed by atoms with van der Waals surface area (Å²) in [6.45, 7) is 51.1. The van der Waals surface area contributed by atoms with Crippen LogP contribution in [-0.2, 0) is 49.2 Å². The summed E-state index contributed by atoms with van der Waals surface area (Å²) in [5.41, 5.74) is 0.879. The number of rotatable bonds is 60. The SMILES string of the molecule is C=CCOCC(C)(CCCC(CCCC(CCCC(CCCC(C)(COCC=C)COCC=C)CCCC(C)(COCC=C)COCC=C)COCc1ccccc1)CCCC(C)(COCC=C)COCC=C)COCC=C. The standard InChI is InChI=1S/C69H116O9/c1-13-44-70-54-66(9,55-71-45-14-2)40-26-36-62(37-27-41-67(10,56-72-46-15-3)57-73-47-16-4)32-24-34-65(53-78-52-64-30-22-21-23-31-64)35-25-33-63(38-28-42-68(11,58-74-48-17-5)59-75-49-18-6)39-29-43-69(12,60-76-50-19-7)61-77-51-20-8/h13-23,30-31,62-63,65H,1-8,24-29,32-61H2,9-12H3. The van der Waals surface area contributed by atoms with Crippen LogP contribution in [0.3, 0.4) is 0 Å². The lowest BCUT2D eigenvalue weighted by Gasteiger charge is -2.31. The molecule has 9 nitrogen and oxygen atoms in total. The minimum atomic E-state index is -0.0855. The summed E-state index contributed by atoms with van der Waals surface area (Å²) < 4.78 is 55.0. The van der Waals surface area contributed by atoms with Gasteiger partial charge in [-0.05, 0) is 61.8 Å². The van der Waals surface area contributed by atoms with E-state index in [0.29, 0.717) is 130 Å². The average Bonchev–Trinajstić information content (AvgIpc) is 3.42. The average molecular weight is 1090 g/mol. The quantitative estimate of drug-likeness (QED) is 0.0468. The molecule has 0 aliphatic carbocycles. The van der Waals surface area contributed by atoms with Gasteiger partial charge in [0, 0.05) is 28.3 Å². The Bertz CT molecular complexity index is 1420. The van der Waals surface area contributed by atoms with Crippen molar-refractivity contribution in [2.45, 2.75) is 150 Å². The highest BCUT2D eigenvalue weighted by Crippen LogP contribution is 2.35. The molecule has 0 spiro atoms. The van der Waals surface area contributed by atoms with Gasteiger partial charge in [-0.3, -0.25) is 0 Å². The van der Waals surface area contributed by atoms with Crippen molar-refractivity contribution in [2.24, 2.45) is 39.4 Å². The lowest BCUT2D eigenvalue weighted by molar-refractivity contribution is -0.00656. The van der Waals surface area contributed by atoms with Gasteiger partial charge in [-0.1, -0.05) is 184 Å². The third-order valence-corrected chi connectivity index (χ3v) is 15.0. The summed E-state index contributed by atoms with van der Waals surface area (Å²) in [5.74, 6) is 1.68. The van der Waals surface area contributed by atoms with Crippen molar-refractivity contribution < 1.29 is 42.6 Å². The summed E-state index contributed by atoms with van der Waals surface area (Å²) in [5, 5.41) is 0. The second-order valence-electron chi connectivity index (χ2n) is 23.7. The summed E-state index contributed by atoms with van der Waals surface area (Å²) in [4.78, 5) is 0. The van der Waals surface area contributed by atoms with Gasteiger partial charge in [-0.15, -0.1) is 52.6 Å². The van der Waals surface area contributed by atoms with Crippen LogP contribution in [0.5, 0.6) is 0 Å². The Hall–Kier alpha value is -3.22. The van der Waals surface area contributed by atoms with E-state index in [1.165, 1.54) is 56.9 Å². The maximum atomic E-state index is 6.58. The van der Waals surface area contributed by atoms with Gasteiger partial charge >= 0.3 is 0 Å².